The first-order valence-electron chi connectivity index (χ1n) is 6.02. The number of hydrogen-bond acceptors (Lipinski definition) is 2. The number of benzene rings is 1. The number of aromatic nitrogens is 2. The van der Waals surface area contributed by atoms with E-state index in [0.29, 0.717) is 0 Å². The Morgan fingerprint density at radius 3 is 2.72 bits per heavy atom. The Balaban J connectivity index is 2.19. The second-order valence-corrected chi connectivity index (χ2v) is 4.94. The summed E-state index contributed by atoms with van der Waals surface area (Å²) in [7, 11) is 3.89. The molecule has 1 aromatic carbocycles. The summed E-state index contributed by atoms with van der Waals surface area (Å²) in [5, 5.41) is 8.54. The zero-order valence-corrected chi connectivity index (χ0v) is 11.7. The van der Waals surface area contributed by atoms with E-state index < -0.39 is 0 Å². The van der Waals surface area contributed by atoms with Gasteiger partial charge in [0.15, 0.2) is 0 Å². The number of aryl methyl sites for hydroxylation is 2. The molecule has 0 aliphatic rings. The highest BCUT2D eigenvalue weighted by Gasteiger charge is 2.12. The summed E-state index contributed by atoms with van der Waals surface area (Å²) < 4.78 is 1.82. The quantitative estimate of drug-likeness (QED) is 0.919. The van der Waals surface area contributed by atoms with Crippen LogP contribution in [0.4, 0.5) is 0 Å². The summed E-state index contributed by atoms with van der Waals surface area (Å²) in [5.41, 5.74) is 3.38. The molecule has 0 saturated heterocycles. The van der Waals surface area contributed by atoms with Crippen LogP contribution >= 0.6 is 11.6 Å². The summed E-state index contributed by atoms with van der Waals surface area (Å²) in [6, 6.07) is 8.48. The predicted octanol–water partition coefficient (Wildman–Crippen LogP) is 2.89. The third kappa shape index (κ3) is 2.92. The molecule has 1 heterocycles. The second-order valence-electron chi connectivity index (χ2n) is 4.53. The summed E-state index contributed by atoms with van der Waals surface area (Å²) >= 11 is 6.17. The van der Waals surface area contributed by atoms with Crippen molar-refractivity contribution in [2.75, 3.05) is 7.05 Å². The lowest BCUT2D eigenvalue weighted by molar-refractivity contribution is 0.577. The maximum Gasteiger partial charge on any atom is 0.0643 e. The van der Waals surface area contributed by atoms with Crippen LogP contribution in [0.2, 0.25) is 5.02 Å². The van der Waals surface area contributed by atoms with Crippen LogP contribution in [-0.2, 0) is 13.5 Å². The van der Waals surface area contributed by atoms with Crippen molar-refractivity contribution in [3.63, 3.8) is 0 Å². The highest BCUT2D eigenvalue weighted by molar-refractivity contribution is 6.31. The molecule has 1 aromatic heterocycles. The van der Waals surface area contributed by atoms with Gasteiger partial charge in [-0.1, -0.05) is 23.7 Å². The van der Waals surface area contributed by atoms with Crippen molar-refractivity contribution in [3.8, 4) is 0 Å². The van der Waals surface area contributed by atoms with Gasteiger partial charge in [0.2, 0.25) is 0 Å². The molecule has 0 aliphatic heterocycles. The lowest BCUT2D eigenvalue weighted by atomic mass is 10.0. The number of nitrogens with one attached hydrogen (secondary N) is 1. The van der Waals surface area contributed by atoms with Gasteiger partial charge in [0.25, 0.3) is 0 Å². The van der Waals surface area contributed by atoms with Crippen LogP contribution in [0.5, 0.6) is 0 Å². The summed E-state index contributed by atoms with van der Waals surface area (Å²) in [6.45, 7) is 2.01. The average molecular weight is 264 g/mol. The second kappa shape index (κ2) is 5.55. The van der Waals surface area contributed by atoms with E-state index in [2.05, 4.69) is 22.5 Å². The smallest absolute Gasteiger partial charge is 0.0643 e. The molecule has 3 nitrogen and oxygen atoms in total. The Morgan fingerprint density at radius 1 is 1.39 bits per heavy atom. The zero-order valence-electron chi connectivity index (χ0n) is 10.9. The van der Waals surface area contributed by atoms with Gasteiger partial charge in [-0.15, -0.1) is 0 Å². The molecule has 0 bridgehead atoms. The van der Waals surface area contributed by atoms with Crippen molar-refractivity contribution in [1.29, 1.82) is 0 Å². The molecule has 1 unspecified atom stereocenters. The molecular formula is C14H18ClN3. The van der Waals surface area contributed by atoms with E-state index in [1.165, 1.54) is 5.56 Å². The van der Waals surface area contributed by atoms with Crippen molar-refractivity contribution in [3.05, 3.63) is 52.3 Å². The van der Waals surface area contributed by atoms with Crippen LogP contribution < -0.4 is 5.32 Å². The fourth-order valence-electron chi connectivity index (χ4n) is 1.99. The molecule has 0 saturated carbocycles. The number of halogens is 1. The maximum absolute atomic E-state index is 6.17. The molecule has 1 atom stereocenters. The first-order valence-corrected chi connectivity index (χ1v) is 6.40. The number of nitrogens with zero attached hydrogens (tertiary/aromatic N) is 2. The van der Waals surface area contributed by atoms with Crippen molar-refractivity contribution >= 4 is 11.6 Å². The lowest BCUT2D eigenvalue weighted by Crippen LogP contribution is -2.19. The van der Waals surface area contributed by atoms with Crippen LogP contribution in [0.1, 0.15) is 22.9 Å². The third-order valence-corrected chi connectivity index (χ3v) is 3.54. The van der Waals surface area contributed by atoms with E-state index in [4.69, 9.17) is 11.6 Å². The van der Waals surface area contributed by atoms with Gasteiger partial charge in [-0.25, -0.2) is 0 Å². The van der Waals surface area contributed by atoms with Gasteiger partial charge in [-0.2, -0.15) is 5.10 Å². The molecular weight excluding hydrogens is 246 g/mol. The molecule has 96 valence electrons. The largest absolute Gasteiger partial charge is 0.313 e. The van der Waals surface area contributed by atoms with E-state index in [0.717, 1.165) is 22.7 Å². The fourth-order valence-corrected chi connectivity index (χ4v) is 2.18. The van der Waals surface area contributed by atoms with Crippen molar-refractivity contribution in [2.24, 2.45) is 7.05 Å². The SMILES string of the molecule is CNC(Cc1ccn(C)n1)c1ccc(C)c(Cl)c1. The Morgan fingerprint density at radius 2 is 2.17 bits per heavy atom. The van der Waals surface area contributed by atoms with E-state index >= 15 is 0 Å². The van der Waals surface area contributed by atoms with E-state index in [1.807, 2.05) is 44.0 Å². The topological polar surface area (TPSA) is 29.9 Å². The van der Waals surface area contributed by atoms with Gasteiger partial charge in [0, 0.05) is 30.7 Å². The Kier molecular flexibility index (Phi) is 4.04. The first kappa shape index (κ1) is 13.1. The van der Waals surface area contributed by atoms with Crippen molar-refractivity contribution in [2.45, 2.75) is 19.4 Å². The minimum atomic E-state index is 0.234. The van der Waals surface area contributed by atoms with E-state index in [9.17, 15) is 0 Å². The minimum absolute atomic E-state index is 0.234. The number of likely N-dealkylation sites (N-methyl/N-ethyl adjacent to an activating group) is 1. The number of rotatable bonds is 4. The molecule has 0 fully saturated rings. The lowest BCUT2D eigenvalue weighted by Gasteiger charge is -2.16. The summed E-state index contributed by atoms with van der Waals surface area (Å²) in [4.78, 5) is 0. The Hall–Kier alpha value is -1.32. The molecule has 18 heavy (non-hydrogen) atoms. The molecule has 2 rings (SSSR count). The minimum Gasteiger partial charge on any atom is -0.313 e. The van der Waals surface area contributed by atoms with Gasteiger partial charge in [-0.3, -0.25) is 4.68 Å². The third-order valence-electron chi connectivity index (χ3n) is 3.13. The first-order chi connectivity index (χ1) is 8.60. The average Bonchev–Trinajstić information content (AvgIpc) is 2.75. The van der Waals surface area contributed by atoms with Gasteiger partial charge >= 0.3 is 0 Å². The normalized spacial score (nSPS) is 12.7. The molecule has 0 radical (unpaired) electrons. The molecule has 1 N–H and O–H groups in total. The zero-order chi connectivity index (χ0) is 13.1. The molecule has 4 heteroatoms. The van der Waals surface area contributed by atoms with Gasteiger partial charge in [0.1, 0.15) is 0 Å². The fraction of sp³-hybridized carbons (Fsp3) is 0.357. The van der Waals surface area contributed by atoms with Crippen LogP contribution in [0.15, 0.2) is 30.5 Å². The molecule has 0 amide bonds. The van der Waals surface area contributed by atoms with Gasteiger partial charge < -0.3 is 5.32 Å². The summed E-state index contributed by atoms with van der Waals surface area (Å²) in [6.07, 6.45) is 2.82. The highest BCUT2D eigenvalue weighted by Crippen LogP contribution is 2.23. The van der Waals surface area contributed by atoms with E-state index in [-0.39, 0.29) is 6.04 Å². The molecule has 0 spiro atoms. The van der Waals surface area contributed by atoms with Crippen molar-refractivity contribution in [1.82, 2.24) is 15.1 Å². The Labute approximate surface area is 113 Å². The molecule has 0 aliphatic carbocycles. The number of hydrogen-bond donors (Lipinski definition) is 1. The maximum atomic E-state index is 6.17. The van der Waals surface area contributed by atoms with Crippen LogP contribution in [-0.4, -0.2) is 16.8 Å². The van der Waals surface area contributed by atoms with Gasteiger partial charge in [0.05, 0.1) is 5.69 Å². The summed E-state index contributed by atoms with van der Waals surface area (Å²) in [5.74, 6) is 0. The van der Waals surface area contributed by atoms with Crippen LogP contribution in [0.25, 0.3) is 0 Å². The molecule has 2 aromatic rings. The van der Waals surface area contributed by atoms with E-state index in [1.54, 1.807) is 0 Å². The predicted molar refractivity (Wildman–Crippen MR) is 74.9 cm³/mol. The van der Waals surface area contributed by atoms with Crippen LogP contribution in [0.3, 0.4) is 0 Å². The standard InChI is InChI=1S/C14H18ClN3/c1-10-4-5-11(8-13(10)15)14(16-2)9-12-6-7-18(3)17-12/h4-8,14,16H,9H2,1-3H3. The van der Waals surface area contributed by atoms with Crippen molar-refractivity contribution < 1.29 is 0 Å². The van der Waals surface area contributed by atoms with Gasteiger partial charge in [-0.05, 0) is 37.2 Å². The highest BCUT2D eigenvalue weighted by atomic mass is 35.5. The van der Waals surface area contributed by atoms with Crippen LogP contribution in [0, 0.1) is 6.92 Å². The monoisotopic (exact) mass is 263 g/mol. The Bertz CT molecular complexity index is 534.